The number of amides is 1. The van der Waals surface area contributed by atoms with Gasteiger partial charge in [-0.15, -0.1) is 0 Å². The van der Waals surface area contributed by atoms with E-state index >= 15 is 0 Å². The zero-order chi connectivity index (χ0) is 21.6. The molecule has 1 aromatic carbocycles. The van der Waals surface area contributed by atoms with Crippen LogP contribution in [-0.4, -0.2) is 30.4 Å². The minimum atomic E-state index is -4.18. The molecule has 2 aliphatic rings. The monoisotopic (exact) mass is 411 g/mol. The number of rotatable bonds is 4. The third-order valence-corrected chi connectivity index (χ3v) is 6.49. The molecule has 160 valence electrons. The predicted octanol–water partition coefficient (Wildman–Crippen LogP) is 4.60. The lowest BCUT2D eigenvalue weighted by Crippen LogP contribution is -2.41. The maximum absolute atomic E-state index is 12.6. The SMILES string of the molecule is Cc1ccc(NC(=O)C2CC[C@@H](CC(F)(F)F)C2)cc1B1OC(C)(C)C(C)(C)O1. The van der Waals surface area contributed by atoms with Crippen molar-refractivity contribution < 1.29 is 27.3 Å². The van der Waals surface area contributed by atoms with Gasteiger partial charge >= 0.3 is 13.3 Å². The fraction of sp³-hybridized carbons (Fsp3) is 0.667. The van der Waals surface area contributed by atoms with Gasteiger partial charge in [-0.05, 0) is 77.4 Å². The van der Waals surface area contributed by atoms with Crippen LogP contribution in [0.2, 0.25) is 0 Å². The van der Waals surface area contributed by atoms with Crippen LogP contribution in [0.4, 0.5) is 18.9 Å². The first kappa shape index (κ1) is 22.2. The Morgan fingerprint density at radius 2 is 1.79 bits per heavy atom. The Balaban J connectivity index is 1.67. The Kier molecular flexibility index (Phi) is 5.82. The summed E-state index contributed by atoms with van der Waals surface area (Å²) in [5.41, 5.74) is 1.47. The van der Waals surface area contributed by atoms with Crippen molar-refractivity contribution in [3.63, 3.8) is 0 Å². The van der Waals surface area contributed by atoms with Gasteiger partial charge in [0.15, 0.2) is 0 Å². The van der Waals surface area contributed by atoms with Crippen LogP contribution >= 0.6 is 0 Å². The van der Waals surface area contributed by atoms with Gasteiger partial charge in [0, 0.05) is 18.0 Å². The topological polar surface area (TPSA) is 47.6 Å². The van der Waals surface area contributed by atoms with Gasteiger partial charge in [0.25, 0.3) is 0 Å². The van der Waals surface area contributed by atoms with Crippen LogP contribution in [0.3, 0.4) is 0 Å². The summed E-state index contributed by atoms with van der Waals surface area (Å²) in [4.78, 5) is 12.6. The number of carbonyl (C=O) groups is 1. The molecule has 1 heterocycles. The highest BCUT2D eigenvalue weighted by Crippen LogP contribution is 2.39. The van der Waals surface area contributed by atoms with E-state index < -0.39 is 36.8 Å². The summed E-state index contributed by atoms with van der Waals surface area (Å²) in [5, 5.41) is 2.87. The largest absolute Gasteiger partial charge is 0.495 e. The molecule has 1 amide bonds. The van der Waals surface area contributed by atoms with Crippen molar-refractivity contribution in [1.29, 1.82) is 0 Å². The van der Waals surface area contributed by atoms with Crippen molar-refractivity contribution >= 4 is 24.2 Å². The average molecular weight is 411 g/mol. The number of aryl methyl sites for hydroxylation is 1. The highest BCUT2D eigenvalue weighted by Gasteiger charge is 2.52. The second kappa shape index (κ2) is 7.62. The highest BCUT2D eigenvalue weighted by atomic mass is 19.4. The van der Waals surface area contributed by atoms with Gasteiger partial charge in [0.1, 0.15) is 0 Å². The molecule has 1 aromatic rings. The van der Waals surface area contributed by atoms with E-state index in [0.717, 1.165) is 11.0 Å². The molecule has 29 heavy (non-hydrogen) atoms. The summed E-state index contributed by atoms with van der Waals surface area (Å²) in [6.07, 6.45) is -3.79. The molecule has 0 aromatic heterocycles. The fourth-order valence-corrected chi connectivity index (χ4v) is 4.01. The predicted molar refractivity (Wildman–Crippen MR) is 107 cm³/mol. The van der Waals surface area contributed by atoms with E-state index in [2.05, 4.69) is 5.32 Å². The first-order valence-electron chi connectivity index (χ1n) is 10.1. The van der Waals surface area contributed by atoms with E-state index in [1.165, 1.54) is 0 Å². The van der Waals surface area contributed by atoms with Gasteiger partial charge in [-0.2, -0.15) is 13.2 Å². The number of hydrogen-bond acceptors (Lipinski definition) is 3. The number of benzene rings is 1. The zero-order valence-corrected chi connectivity index (χ0v) is 17.7. The van der Waals surface area contributed by atoms with E-state index in [9.17, 15) is 18.0 Å². The van der Waals surface area contributed by atoms with E-state index in [-0.39, 0.29) is 18.2 Å². The van der Waals surface area contributed by atoms with Gasteiger partial charge in [0.2, 0.25) is 5.91 Å². The maximum atomic E-state index is 12.6. The maximum Gasteiger partial charge on any atom is 0.495 e. The van der Waals surface area contributed by atoms with E-state index in [1.54, 1.807) is 6.07 Å². The molecule has 0 spiro atoms. The van der Waals surface area contributed by atoms with Crippen LogP contribution in [0, 0.1) is 18.8 Å². The Morgan fingerprint density at radius 1 is 1.17 bits per heavy atom. The van der Waals surface area contributed by atoms with Crippen molar-refractivity contribution in [2.45, 2.75) is 77.7 Å². The Labute approximate surface area is 170 Å². The minimum Gasteiger partial charge on any atom is -0.399 e. The van der Waals surface area contributed by atoms with Gasteiger partial charge in [-0.3, -0.25) is 4.79 Å². The van der Waals surface area contributed by atoms with Gasteiger partial charge in [-0.25, -0.2) is 0 Å². The first-order valence-corrected chi connectivity index (χ1v) is 10.1. The number of anilines is 1. The molecule has 0 bridgehead atoms. The molecule has 0 radical (unpaired) electrons. The second-order valence-electron chi connectivity index (χ2n) is 9.34. The van der Waals surface area contributed by atoms with Crippen molar-refractivity contribution in [2.75, 3.05) is 5.32 Å². The third kappa shape index (κ3) is 4.97. The van der Waals surface area contributed by atoms with Gasteiger partial charge < -0.3 is 14.6 Å². The number of nitrogens with one attached hydrogen (secondary N) is 1. The molecule has 2 atom stereocenters. The smallest absolute Gasteiger partial charge is 0.399 e. The van der Waals surface area contributed by atoms with Crippen molar-refractivity contribution in [1.82, 2.24) is 0 Å². The lowest BCUT2D eigenvalue weighted by atomic mass is 9.76. The first-order chi connectivity index (χ1) is 13.3. The van der Waals surface area contributed by atoms with E-state index in [0.29, 0.717) is 18.5 Å². The molecule has 1 saturated heterocycles. The normalized spacial score (nSPS) is 26.0. The molecular weight excluding hydrogens is 382 g/mol. The summed E-state index contributed by atoms with van der Waals surface area (Å²) >= 11 is 0. The van der Waals surface area contributed by atoms with Crippen LogP contribution < -0.4 is 10.8 Å². The van der Waals surface area contributed by atoms with Crippen molar-refractivity contribution in [3.8, 4) is 0 Å². The molecule has 4 nitrogen and oxygen atoms in total. The molecule has 2 fully saturated rings. The van der Waals surface area contributed by atoms with Crippen LogP contribution in [0.15, 0.2) is 18.2 Å². The molecule has 1 saturated carbocycles. The molecule has 1 aliphatic carbocycles. The summed E-state index contributed by atoms with van der Waals surface area (Å²) in [6.45, 7) is 9.86. The zero-order valence-electron chi connectivity index (χ0n) is 17.7. The number of halogens is 3. The lowest BCUT2D eigenvalue weighted by molar-refractivity contribution is -0.144. The molecule has 1 N–H and O–H groups in total. The Bertz CT molecular complexity index is 763. The fourth-order valence-electron chi connectivity index (χ4n) is 4.01. The quantitative estimate of drug-likeness (QED) is 0.737. The number of carbonyl (C=O) groups excluding carboxylic acids is 1. The standard InChI is InChI=1S/C21H29BF3NO3/c1-13-6-9-16(11-17(13)22-28-19(2,3)20(4,5)29-22)26-18(27)15-8-7-14(10-15)12-21(23,24)25/h6,9,11,14-15H,7-8,10,12H2,1-5H3,(H,26,27)/t14-,15?/m1/s1. The van der Waals surface area contributed by atoms with E-state index in [1.807, 2.05) is 46.8 Å². The number of alkyl halides is 3. The Morgan fingerprint density at radius 3 is 2.38 bits per heavy atom. The van der Waals surface area contributed by atoms with Crippen molar-refractivity contribution in [2.24, 2.45) is 11.8 Å². The van der Waals surface area contributed by atoms with Crippen LogP contribution in [0.5, 0.6) is 0 Å². The third-order valence-electron chi connectivity index (χ3n) is 6.49. The summed E-state index contributed by atoms with van der Waals surface area (Å²) < 4.78 is 50.0. The molecule has 8 heteroatoms. The van der Waals surface area contributed by atoms with E-state index in [4.69, 9.17) is 9.31 Å². The lowest BCUT2D eigenvalue weighted by Gasteiger charge is -2.32. The molecule has 3 rings (SSSR count). The number of hydrogen-bond donors (Lipinski definition) is 1. The van der Waals surface area contributed by atoms with Gasteiger partial charge in [0.05, 0.1) is 11.2 Å². The molecule has 1 aliphatic heterocycles. The summed E-state index contributed by atoms with van der Waals surface area (Å²) in [7, 11) is -0.542. The highest BCUT2D eigenvalue weighted by molar-refractivity contribution is 6.62. The molecule has 1 unspecified atom stereocenters. The van der Waals surface area contributed by atoms with Crippen LogP contribution in [0.1, 0.15) is 58.9 Å². The summed E-state index contributed by atoms with van der Waals surface area (Å²) in [5.74, 6) is -1.08. The van der Waals surface area contributed by atoms with Crippen LogP contribution in [-0.2, 0) is 14.1 Å². The summed E-state index contributed by atoms with van der Waals surface area (Å²) in [6, 6.07) is 5.51. The molecular formula is C21H29BF3NO3. The van der Waals surface area contributed by atoms with Crippen LogP contribution in [0.25, 0.3) is 0 Å². The van der Waals surface area contributed by atoms with Crippen molar-refractivity contribution in [3.05, 3.63) is 23.8 Å². The average Bonchev–Trinajstić information content (AvgIpc) is 3.09. The Hall–Kier alpha value is -1.54. The minimum absolute atomic E-state index is 0.224. The second-order valence-corrected chi connectivity index (χ2v) is 9.34. The van der Waals surface area contributed by atoms with Gasteiger partial charge in [-0.1, -0.05) is 11.6 Å².